The van der Waals surface area contributed by atoms with E-state index in [0.717, 1.165) is 17.5 Å². The molecule has 2 atom stereocenters. The number of carboxylic acids is 1. The van der Waals surface area contributed by atoms with Crippen LogP contribution in [0.15, 0.2) is 24.3 Å². The van der Waals surface area contributed by atoms with Crippen molar-refractivity contribution in [1.29, 1.82) is 0 Å². The maximum Gasteiger partial charge on any atom is 0.308 e. The summed E-state index contributed by atoms with van der Waals surface area (Å²) in [7, 11) is 0. The molecule has 114 valence electrons. The summed E-state index contributed by atoms with van der Waals surface area (Å²) >= 11 is 0. The summed E-state index contributed by atoms with van der Waals surface area (Å²) in [6.07, 6.45) is 1.32. The Morgan fingerprint density at radius 1 is 1.43 bits per heavy atom. The molecule has 1 aliphatic rings. The number of hydrogen-bond acceptors (Lipinski definition) is 2. The highest BCUT2D eigenvalue weighted by Gasteiger charge is 2.50. The van der Waals surface area contributed by atoms with Gasteiger partial charge in [0.25, 0.3) is 0 Å². The van der Waals surface area contributed by atoms with Crippen molar-refractivity contribution in [2.45, 2.75) is 33.6 Å². The zero-order chi connectivity index (χ0) is 15.6. The molecular weight excluding hydrogens is 266 g/mol. The molecule has 0 aliphatic heterocycles. The molecule has 0 bridgehead atoms. The van der Waals surface area contributed by atoms with Crippen LogP contribution in [0.4, 0.5) is 0 Å². The maximum atomic E-state index is 12.0. The van der Waals surface area contributed by atoms with Gasteiger partial charge in [0.15, 0.2) is 0 Å². The highest BCUT2D eigenvalue weighted by atomic mass is 16.4. The average Bonchev–Trinajstić information content (AvgIpc) is 3.03. The average molecular weight is 289 g/mol. The summed E-state index contributed by atoms with van der Waals surface area (Å²) in [4.78, 5) is 23.3. The van der Waals surface area contributed by atoms with Gasteiger partial charge >= 0.3 is 5.97 Å². The molecule has 2 rings (SSSR count). The molecule has 0 radical (unpaired) electrons. The first kappa shape index (κ1) is 15.5. The van der Waals surface area contributed by atoms with E-state index in [1.807, 2.05) is 31.2 Å². The summed E-state index contributed by atoms with van der Waals surface area (Å²) in [6, 6.07) is 7.82. The van der Waals surface area contributed by atoms with E-state index in [1.54, 1.807) is 0 Å². The van der Waals surface area contributed by atoms with Gasteiger partial charge in [0.1, 0.15) is 0 Å². The molecule has 21 heavy (non-hydrogen) atoms. The molecule has 2 N–H and O–H groups in total. The Hall–Kier alpha value is -1.84. The van der Waals surface area contributed by atoms with E-state index >= 15 is 0 Å². The van der Waals surface area contributed by atoms with Crippen LogP contribution < -0.4 is 5.32 Å². The van der Waals surface area contributed by atoms with Crippen molar-refractivity contribution in [3.05, 3.63) is 35.4 Å². The number of benzene rings is 1. The van der Waals surface area contributed by atoms with Crippen molar-refractivity contribution in [3.63, 3.8) is 0 Å². The number of aliphatic carboxylic acids is 1. The minimum atomic E-state index is -0.869. The Bertz CT molecular complexity index is 551. The Morgan fingerprint density at radius 2 is 2.10 bits per heavy atom. The molecule has 0 saturated heterocycles. The van der Waals surface area contributed by atoms with Crippen LogP contribution in [0.5, 0.6) is 0 Å². The second-order valence-electron chi connectivity index (χ2n) is 6.72. The molecule has 1 aromatic carbocycles. The second-order valence-corrected chi connectivity index (χ2v) is 6.72. The van der Waals surface area contributed by atoms with Crippen LogP contribution in [0.3, 0.4) is 0 Å². The Morgan fingerprint density at radius 3 is 2.62 bits per heavy atom. The predicted octanol–water partition coefficient (Wildman–Crippen LogP) is 2.40. The van der Waals surface area contributed by atoms with Crippen molar-refractivity contribution in [2.75, 3.05) is 6.54 Å². The van der Waals surface area contributed by atoms with E-state index in [2.05, 4.69) is 19.2 Å². The quantitative estimate of drug-likeness (QED) is 0.845. The number of carbonyl (C=O) groups excluding carboxylic acids is 1. The molecule has 1 saturated carbocycles. The summed E-state index contributed by atoms with van der Waals surface area (Å²) in [5.74, 6) is -1.44. The zero-order valence-electron chi connectivity index (χ0n) is 12.8. The lowest BCUT2D eigenvalue weighted by molar-refractivity contribution is -0.141. The van der Waals surface area contributed by atoms with E-state index in [-0.39, 0.29) is 23.8 Å². The van der Waals surface area contributed by atoms with Crippen LogP contribution >= 0.6 is 0 Å². The van der Waals surface area contributed by atoms with Crippen LogP contribution in [0.1, 0.15) is 31.4 Å². The van der Waals surface area contributed by atoms with Crippen LogP contribution in [0.25, 0.3) is 0 Å². The number of amides is 1. The van der Waals surface area contributed by atoms with Crippen LogP contribution in [0.2, 0.25) is 0 Å². The number of carboxylic acid groups (broad SMARTS) is 1. The van der Waals surface area contributed by atoms with Gasteiger partial charge in [0, 0.05) is 12.5 Å². The monoisotopic (exact) mass is 289 g/mol. The number of hydrogen-bond donors (Lipinski definition) is 2. The van der Waals surface area contributed by atoms with Gasteiger partial charge in [-0.3, -0.25) is 9.59 Å². The molecule has 4 heteroatoms. The third-order valence-corrected chi connectivity index (χ3v) is 4.27. The van der Waals surface area contributed by atoms with Gasteiger partial charge in [-0.05, 0) is 30.7 Å². The largest absolute Gasteiger partial charge is 0.481 e. The number of nitrogens with one attached hydrogen (secondary N) is 1. The molecule has 1 aliphatic carbocycles. The van der Waals surface area contributed by atoms with Gasteiger partial charge in [0.05, 0.1) is 5.92 Å². The molecule has 0 spiro atoms. The fraction of sp³-hybridized carbons (Fsp3) is 0.529. The minimum absolute atomic E-state index is 0.0181. The standard InChI is InChI=1S/C17H23NO3/c1-11-5-4-6-12(7-11)8-13(16(20)21)10-18-15(19)14-9-17(14,2)3/h4-7,13-14H,8-10H2,1-3H3,(H,18,19)(H,20,21). The van der Waals surface area contributed by atoms with Crippen molar-refractivity contribution < 1.29 is 14.7 Å². The van der Waals surface area contributed by atoms with E-state index in [1.165, 1.54) is 0 Å². The lowest BCUT2D eigenvalue weighted by atomic mass is 9.98. The Kier molecular flexibility index (Phi) is 4.35. The summed E-state index contributed by atoms with van der Waals surface area (Å²) < 4.78 is 0. The topological polar surface area (TPSA) is 66.4 Å². The van der Waals surface area contributed by atoms with Crippen LogP contribution in [-0.2, 0) is 16.0 Å². The molecule has 4 nitrogen and oxygen atoms in total. The lowest BCUT2D eigenvalue weighted by Gasteiger charge is -2.14. The highest BCUT2D eigenvalue weighted by molar-refractivity contribution is 5.83. The minimum Gasteiger partial charge on any atom is -0.481 e. The van der Waals surface area contributed by atoms with Gasteiger partial charge in [0.2, 0.25) is 5.91 Å². The number of rotatable bonds is 6. The van der Waals surface area contributed by atoms with Crippen LogP contribution in [-0.4, -0.2) is 23.5 Å². The van der Waals surface area contributed by atoms with E-state index in [0.29, 0.717) is 6.42 Å². The van der Waals surface area contributed by atoms with Crippen molar-refractivity contribution in [3.8, 4) is 0 Å². The molecule has 0 aromatic heterocycles. The summed E-state index contributed by atoms with van der Waals surface area (Å²) in [5, 5.41) is 12.1. The van der Waals surface area contributed by atoms with Gasteiger partial charge in [-0.2, -0.15) is 0 Å². The van der Waals surface area contributed by atoms with Gasteiger partial charge < -0.3 is 10.4 Å². The van der Waals surface area contributed by atoms with E-state index in [4.69, 9.17) is 0 Å². The smallest absolute Gasteiger partial charge is 0.308 e. The van der Waals surface area contributed by atoms with E-state index < -0.39 is 11.9 Å². The Labute approximate surface area is 125 Å². The van der Waals surface area contributed by atoms with Crippen LogP contribution in [0, 0.1) is 24.2 Å². The predicted molar refractivity (Wildman–Crippen MR) is 80.9 cm³/mol. The third kappa shape index (κ3) is 4.06. The van der Waals surface area contributed by atoms with Crippen molar-refractivity contribution in [2.24, 2.45) is 17.3 Å². The molecule has 2 unspecified atom stereocenters. The normalized spacial score (nSPS) is 20.6. The SMILES string of the molecule is Cc1cccc(CC(CNC(=O)C2CC2(C)C)C(=O)O)c1. The fourth-order valence-corrected chi connectivity index (χ4v) is 2.63. The first-order valence-corrected chi connectivity index (χ1v) is 7.35. The van der Waals surface area contributed by atoms with Gasteiger partial charge in [-0.25, -0.2) is 0 Å². The first-order chi connectivity index (χ1) is 9.79. The molecular formula is C17H23NO3. The molecule has 1 aromatic rings. The second kappa shape index (κ2) is 5.88. The molecule has 0 heterocycles. The van der Waals surface area contributed by atoms with Gasteiger partial charge in [-0.15, -0.1) is 0 Å². The zero-order valence-corrected chi connectivity index (χ0v) is 12.8. The van der Waals surface area contributed by atoms with Crippen molar-refractivity contribution >= 4 is 11.9 Å². The Balaban J connectivity index is 1.91. The summed E-state index contributed by atoms with van der Waals surface area (Å²) in [6.45, 7) is 6.28. The number of aryl methyl sites for hydroxylation is 1. The molecule has 1 amide bonds. The third-order valence-electron chi connectivity index (χ3n) is 4.27. The van der Waals surface area contributed by atoms with Gasteiger partial charge in [-0.1, -0.05) is 43.7 Å². The first-order valence-electron chi connectivity index (χ1n) is 7.35. The lowest BCUT2D eigenvalue weighted by Crippen LogP contribution is -2.35. The van der Waals surface area contributed by atoms with Crippen molar-refractivity contribution in [1.82, 2.24) is 5.32 Å². The van der Waals surface area contributed by atoms with E-state index in [9.17, 15) is 14.7 Å². The highest BCUT2D eigenvalue weighted by Crippen LogP contribution is 2.51. The number of carbonyl (C=O) groups is 2. The fourth-order valence-electron chi connectivity index (χ4n) is 2.63. The summed E-state index contributed by atoms with van der Waals surface area (Å²) in [5.41, 5.74) is 2.17. The molecule has 1 fully saturated rings. The maximum absolute atomic E-state index is 12.0.